The number of carbonyl (C=O) groups excluding carboxylic acids is 1. The molecule has 0 atom stereocenters. The molecule has 34 heavy (non-hydrogen) atoms. The van der Waals surface area contributed by atoms with Crippen molar-refractivity contribution in [3.63, 3.8) is 0 Å². The largest absolute Gasteiger partial charge is 0.496 e. The molecule has 1 aliphatic rings. The van der Waals surface area contributed by atoms with Gasteiger partial charge in [-0.1, -0.05) is 35.5 Å². The molecule has 0 spiro atoms. The number of rotatable bonds is 6. The molecular formula is C27H27N3O4. The lowest BCUT2D eigenvalue weighted by molar-refractivity contribution is 0.0649. The van der Waals surface area contributed by atoms with Crippen LogP contribution in [0.3, 0.4) is 0 Å². The summed E-state index contributed by atoms with van der Waals surface area (Å²) in [4.78, 5) is 28.4. The van der Waals surface area contributed by atoms with Gasteiger partial charge in [-0.25, -0.2) is 0 Å². The van der Waals surface area contributed by atoms with Crippen molar-refractivity contribution in [3.8, 4) is 16.9 Å². The average Bonchev–Trinajstić information content (AvgIpc) is 3.14. The maximum atomic E-state index is 13.6. The van der Waals surface area contributed by atoms with Gasteiger partial charge in [-0.2, -0.15) is 0 Å². The number of pyridine rings is 1. The molecule has 174 valence electrons. The van der Waals surface area contributed by atoms with E-state index in [1.54, 1.807) is 22.6 Å². The fraction of sp³-hybridized carbons (Fsp3) is 0.296. The molecule has 2 aromatic carbocycles. The summed E-state index contributed by atoms with van der Waals surface area (Å²) < 4.78 is 12.8. The van der Waals surface area contributed by atoms with Crippen LogP contribution in [0.25, 0.3) is 22.0 Å². The Bertz CT molecular complexity index is 1410. The van der Waals surface area contributed by atoms with E-state index in [0.29, 0.717) is 37.6 Å². The first-order valence-corrected chi connectivity index (χ1v) is 11.5. The Labute approximate surface area is 197 Å². The van der Waals surface area contributed by atoms with Gasteiger partial charge in [0.1, 0.15) is 17.1 Å². The maximum Gasteiger partial charge on any atom is 0.263 e. The topological polar surface area (TPSA) is 77.6 Å². The van der Waals surface area contributed by atoms with Gasteiger partial charge in [0, 0.05) is 36.7 Å². The zero-order valence-corrected chi connectivity index (χ0v) is 19.6. The van der Waals surface area contributed by atoms with E-state index in [-0.39, 0.29) is 17.0 Å². The molecular weight excluding hydrogens is 430 g/mol. The number of carbonyl (C=O) groups is 1. The Morgan fingerprint density at radius 2 is 1.88 bits per heavy atom. The number of ether oxygens (including phenoxy) is 1. The first-order chi connectivity index (χ1) is 16.5. The second-order valence-electron chi connectivity index (χ2n) is 8.71. The Morgan fingerprint density at radius 1 is 1.12 bits per heavy atom. The van der Waals surface area contributed by atoms with Crippen LogP contribution in [-0.2, 0) is 13.0 Å². The van der Waals surface area contributed by atoms with Crippen LogP contribution >= 0.6 is 0 Å². The normalized spacial score (nSPS) is 13.2. The van der Waals surface area contributed by atoms with Crippen LogP contribution in [0.1, 0.15) is 33.8 Å². The minimum absolute atomic E-state index is 0.204. The molecule has 2 aromatic heterocycles. The molecule has 0 saturated carbocycles. The van der Waals surface area contributed by atoms with Crippen molar-refractivity contribution in [3.05, 3.63) is 81.5 Å². The number of aryl methyl sites for hydroxylation is 4. The first kappa shape index (κ1) is 21.9. The summed E-state index contributed by atoms with van der Waals surface area (Å²) in [7, 11) is 1.61. The molecule has 1 fully saturated rings. The van der Waals surface area contributed by atoms with Crippen LogP contribution in [0.5, 0.6) is 5.75 Å². The summed E-state index contributed by atoms with van der Waals surface area (Å²) in [6.07, 6.45) is 1.64. The molecule has 5 rings (SSSR count). The second-order valence-corrected chi connectivity index (χ2v) is 8.71. The highest BCUT2D eigenvalue weighted by atomic mass is 16.5. The minimum Gasteiger partial charge on any atom is -0.496 e. The molecule has 1 amide bonds. The van der Waals surface area contributed by atoms with E-state index in [1.807, 2.05) is 56.3 Å². The summed E-state index contributed by atoms with van der Waals surface area (Å²) in [5.74, 6) is 1.10. The Hall–Kier alpha value is -3.87. The van der Waals surface area contributed by atoms with E-state index in [9.17, 15) is 9.59 Å². The Balaban J connectivity index is 1.71. The average molecular weight is 458 g/mol. The van der Waals surface area contributed by atoms with Crippen molar-refractivity contribution in [1.29, 1.82) is 0 Å². The highest BCUT2D eigenvalue weighted by Gasteiger charge is 2.26. The van der Waals surface area contributed by atoms with Crippen LogP contribution in [-0.4, -0.2) is 40.7 Å². The van der Waals surface area contributed by atoms with Crippen LogP contribution in [0.4, 0.5) is 0 Å². The van der Waals surface area contributed by atoms with E-state index in [2.05, 4.69) is 5.16 Å². The lowest BCUT2D eigenvalue weighted by Crippen LogP contribution is -2.44. The summed E-state index contributed by atoms with van der Waals surface area (Å²) in [5.41, 5.74) is 4.22. The molecule has 7 nitrogen and oxygen atoms in total. The summed E-state index contributed by atoms with van der Waals surface area (Å²) >= 11 is 0. The number of nitrogens with zero attached hydrogens (tertiary/aromatic N) is 3. The summed E-state index contributed by atoms with van der Waals surface area (Å²) in [6, 6.07) is 15.6. The monoisotopic (exact) mass is 457 g/mol. The van der Waals surface area contributed by atoms with E-state index in [0.717, 1.165) is 39.7 Å². The van der Waals surface area contributed by atoms with Gasteiger partial charge in [0.15, 0.2) is 0 Å². The molecule has 0 radical (unpaired) electrons. The number of benzene rings is 2. The third kappa shape index (κ3) is 3.77. The molecule has 0 N–H and O–H groups in total. The van der Waals surface area contributed by atoms with Gasteiger partial charge < -0.3 is 18.7 Å². The van der Waals surface area contributed by atoms with E-state index in [4.69, 9.17) is 9.26 Å². The first-order valence-electron chi connectivity index (χ1n) is 11.5. The van der Waals surface area contributed by atoms with Gasteiger partial charge in [-0.3, -0.25) is 9.59 Å². The van der Waals surface area contributed by atoms with Crippen molar-refractivity contribution < 1.29 is 14.1 Å². The molecule has 0 unspecified atom stereocenters. The molecule has 7 heteroatoms. The standard InChI is InChI=1S/C27H27N3O4/c1-17-25(18(2)34-28-17)21-14-20-15-22(26(31)29-11-7-12-29)27(32)30(23(20)16-24(21)33-3)13-10-19-8-5-4-6-9-19/h4-6,8-9,14-16H,7,10-13H2,1-3H3. The van der Waals surface area contributed by atoms with Crippen molar-refractivity contribution in [2.45, 2.75) is 33.2 Å². The number of amides is 1. The number of methoxy groups -OCH3 is 1. The third-order valence-corrected chi connectivity index (χ3v) is 6.56. The molecule has 4 aromatic rings. The van der Waals surface area contributed by atoms with E-state index < -0.39 is 0 Å². The lowest BCUT2D eigenvalue weighted by Gasteiger charge is -2.31. The summed E-state index contributed by atoms with van der Waals surface area (Å²) in [6.45, 7) is 5.57. The smallest absolute Gasteiger partial charge is 0.263 e. The third-order valence-electron chi connectivity index (χ3n) is 6.56. The molecule has 0 aliphatic carbocycles. The zero-order valence-electron chi connectivity index (χ0n) is 19.6. The fourth-order valence-electron chi connectivity index (χ4n) is 4.59. The second kappa shape index (κ2) is 8.82. The molecule has 1 saturated heterocycles. The lowest BCUT2D eigenvalue weighted by atomic mass is 9.99. The van der Waals surface area contributed by atoms with Crippen LogP contribution in [0.2, 0.25) is 0 Å². The highest BCUT2D eigenvalue weighted by molar-refractivity contribution is 5.99. The zero-order chi connectivity index (χ0) is 23.8. The van der Waals surface area contributed by atoms with Crippen molar-refractivity contribution in [2.75, 3.05) is 20.2 Å². The van der Waals surface area contributed by atoms with Gasteiger partial charge in [0.25, 0.3) is 11.5 Å². The van der Waals surface area contributed by atoms with Crippen molar-refractivity contribution in [1.82, 2.24) is 14.6 Å². The maximum absolute atomic E-state index is 13.6. The highest BCUT2D eigenvalue weighted by Crippen LogP contribution is 2.37. The number of fused-ring (bicyclic) bond motifs is 1. The predicted molar refractivity (Wildman–Crippen MR) is 130 cm³/mol. The number of hydrogen-bond acceptors (Lipinski definition) is 5. The van der Waals surface area contributed by atoms with Gasteiger partial charge in [0.05, 0.1) is 23.9 Å². The fourth-order valence-corrected chi connectivity index (χ4v) is 4.59. The number of aromatic nitrogens is 2. The van der Waals surface area contributed by atoms with Crippen LogP contribution in [0.15, 0.2) is 57.8 Å². The Kier molecular flexibility index (Phi) is 5.69. The van der Waals surface area contributed by atoms with Crippen LogP contribution < -0.4 is 10.3 Å². The van der Waals surface area contributed by atoms with Crippen LogP contribution in [0, 0.1) is 13.8 Å². The number of hydrogen-bond donors (Lipinski definition) is 0. The van der Waals surface area contributed by atoms with Crippen molar-refractivity contribution in [2.24, 2.45) is 0 Å². The predicted octanol–water partition coefficient (Wildman–Crippen LogP) is 4.37. The number of likely N-dealkylation sites (tertiary alicyclic amines) is 1. The van der Waals surface area contributed by atoms with E-state index in [1.165, 1.54) is 0 Å². The molecule has 3 heterocycles. The quantitative estimate of drug-likeness (QED) is 0.430. The Morgan fingerprint density at radius 3 is 2.50 bits per heavy atom. The molecule has 1 aliphatic heterocycles. The summed E-state index contributed by atoms with van der Waals surface area (Å²) in [5, 5.41) is 4.88. The molecule has 0 bridgehead atoms. The van der Waals surface area contributed by atoms with Gasteiger partial charge in [-0.15, -0.1) is 0 Å². The van der Waals surface area contributed by atoms with Gasteiger partial charge in [0.2, 0.25) is 0 Å². The van der Waals surface area contributed by atoms with E-state index >= 15 is 0 Å². The van der Waals surface area contributed by atoms with Gasteiger partial charge >= 0.3 is 0 Å². The van der Waals surface area contributed by atoms with Crippen molar-refractivity contribution >= 4 is 16.8 Å². The SMILES string of the molecule is COc1cc2c(cc1-c1c(C)noc1C)cc(C(=O)N1CCC1)c(=O)n2CCc1ccccc1. The van der Waals surface area contributed by atoms with Gasteiger partial charge in [-0.05, 0) is 44.4 Å². The minimum atomic E-state index is -0.271.